The lowest BCUT2D eigenvalue weighted by atomic mass is 10.2. The number of nitrogens with one attached hydrogen (secondary N) is 1. The van der Waals surface area contributed by atoms with Gasteiger partial charge in [-0.3, -0.25) is 4.72 Å². The van der Waals surface area contributed by atoms with Gasteiger partial charge < -0.3 is 4.74 Å². The summed E-state index contributed by atoms with van der Waals surface area (Å²) in [4.78, 5) is 12.4. The van der Waals surface area contributed by atoms with Crippen LogP contribution in [0, 0.1) is 0 Å². The van der Waals surface area contributed by atoms with Crippen LogP contribution >= 0.6 is 31.9 Å². The Labute approximate surface area is 173 Å². The van der Waals surface area contributed by atoms with Gasteiger partial charge in [-0.05, 0) is 68.3 Å². The second kappa shape index (κ2) is 8.24. The molecule has 8 heteroatoms. The first-order valence-corrected chi connectivity index (χ1v) is 10.8. The van der Waals surface area contributed by atoms with Gasteiger partial charge in [0.1, 0.15) is 0 Å². The highest BCUT2D eigenvalue weighted by molar-refractivity contribution is 9.11. The van der Waals surface area contributed by atoms with Crippen LogP contribution in [-0.2, 0) is 10.0 Å². The van der Waals surface area contributed by atoms with E-state index in [0.29, 0.717) is 20.2 Å². The molecule has 0 saturated carbocycles. The third-order valence-corrected chi connectivity index (χ3v) is 6.08. The van der Waals surface area contributed by atoms with E-state index in [1.54, 1.807) is 48.5 Å². The molecule has 0 radical (unpaired) electrons. The van der Waals surface area contributed by atoms with Crippen molar-refractivity contribution >= 4 is 53.5 Å². The highest BCUT2D eigenvalue weighted by atomic mass is 79.9. The van der Waals surface area contributed by atoms with Gasteiger partial charge in [0, 0.05) is 0 Å². The van der Waals surface area contributed by atoms with Crippen LogP contribution in [0.15, 0.2) is 86.6 Å². The quantitative estimate of drug-likeness (QED) is 0.376. The normalized spacial score (nSPS) is 11.0. The van der Waals surface area contributed by atoms with Crippen LogP contribution in [0.25, 0.3) is 0 Å². The van der Waals surface area contributed by atoms with Crippen molar-refractivity contribution in [1.29, 1.82) is 0 Å². The first-order valence-electron chi connectivity index (χ1n) is 7.71. The van der Waals surface area contributed by atoms with Gasteiger partial charge in [-0.15, -0.1) is 0 Å². The van der Waals surface area contributed by atoms with Crippen molar-refractivity contribution in [2.45, 2.75) is 4.90 Å². The Bertz CT molecular complexity index is 1050. The Kier molecular flexibility index (Phi) is 5.98. The van der Waals surface area contributed by atoms with Crippen molar-refractivity contribution < 1.29 is 17.9 Å². The van der Waals surface area contributed by atoms with E-state index in [1.807, 2.05) is 0 Å². The Morgan fingerprint density at radius 2 is 1.37 bits per heavy atom. The number of rotatable bonds is 5. The number of hydrogen-bond acceptors (Lipinski definition) is 4. The minimum Gasteiger partial charge on any atom is -0.421 e. The van der Waals surface area contributed by atoms with Crippen LogP contribution in [0.4, 0.5) is 5.69 Å². The van der Waals surface area contributed by atoms with Crippen LogP contribution in [0.3, 0.4) is 0 Å². The number of hydrogen-bond donors (Lipinski definition) is 1. The van der Waals surface area contributed by atoms with Crippen LogP contribution in [0.1, 0.15) is 10.4 Å². The van der Waals surface area contributed by atoms with Crippen LogP contribution < -0.4 is 9.46 Å². The van der Waals surface area contributed by atoms with E-state index in [4.69, 9.17) is 4.74 Å². The Morgan fingerprint density at radius 3 is 1.93 bits per heavy atom. The molecule has 0 saturated heterocycles. The van der Waals surface area contributed by atoms with Gasteiger partial charge >= 0.3 is 5.97 Å². The molecule has 0 aliphatic heterocycles. The Hall–Kier alpha value is -2.16. The van der Waals surface area contributed by atoms with Crippen LogP contribution in [0.5, 0.6) is 5.75 Å². The van der Waals surface area contributed by atoms with Gasteiger partial charge in [0.05, 0.1) is 25.1 Å². The van der Waals surface area contributed by atoms with Crippen molar-refractivity contribution in [3.8, 4) is 5.75 Å². The molecule has 0 aliphatic rings. The van der Waals surface area contributed by atoms with E-state index in [-0.39, 0.29) is 10.6 Å². The summed E-state index contributed by atoms with van der Waals surface area (Å²) in [6, 6.07) is 19.7. The molecule has 1 N–H and O–H groups in total. The highest BCUT2D eigenvalue weighted by Gasteiger charge is 2.18. The second-order valence-electron chi connectivity index (χ2n) is 5.44. The maximum atomic E-state index is 12.4. The van der Waals surface area contributed by atoms with E-state index >= 15 is 0 Å². The highest BCUT2D eigenvalue weighted by Crippen LogP contribution is 2.37. The minimum absolute atomic E-state index is 0.150. The molecule has 0 spiro atoms. The number of ether oxygens (including phenoxy) is 1. The zero-order valence-corrected chi connectivity index (χ0v) is 17.7. The van der Waals surface area contributed by atoms with Gasteiger partial charge in [-0.1, -0.05) is 36.4 Å². The zero-order chi connectivity index (χ0) is 19.4. The molecular formula is C19H13Br2NO4S. The molecule has 3 aromatic rings. The van der Waals surface area contributed by atoms with Gasteiger partial charge in [0.25, 0.3) is 10.0 Å². The summed E-state index contributed by atoms with van der Waals surface area (Å²) in [5.41, 5.74) is 0.724. The molecule has 0 atom stereocenters. The monoisotopic (exact) mass is 509 g/mol. The third kappa shape index (κ3) is 4.77. The summed E-state index contributed by atoms with van der Waals surface area (Å²) in [7, 11) is -3.73. The number of anilines is 1. The van der Waals surface area contributed by atoms with Crippen molar-refractivity contribution in [2.75, 3.05) is 4.72 Å². The second-order valence-corrected chi connectivity index (χ2v) is 8.83. The summed E-state index contributed by atoms with van der Waals surface area (Å²) in [6.07, 6.45) is 0. The molecule has 0 bridgehead atoms. The summed E-state index contributed by atoms with van der Waals surface area (Å²) in [6.45, 7) is 0. The first kappa shape index (κ1) is 19.6. The fourth-order valence-corrected chi connectivity index (χ4v) is 4.67. The molecule has 138 valence electrons. The standard InChI is InChI=1S/C19H13Br2NO4S/c20-16-11-14(22-27(24,25)15-9-5-2-6-10-15)12-17(21)18(16)26-19(23)13-7-3-1-4-8-13/h1-12,22H. The smallest absolute Gasteiger partial charge is 0.343 e. The maximum Gasteiger partial charge on any atom is 0.343 e. The fraction of sp³-hybridized carbons (Fsp3) is 0. The van der Waals surface area contributed by atoms with E-state index in [9.17, 15) is 13.2 Å². The first-order chi connectivity index (χ1) is 12.9. The third-order valence-electron chi connectivity index (χ3n) is 3.51. The molecule has 0 aliphatic carbocycles. The van der Waals surface area contributed by atoms with Gasteiger partial charge in [0.2, 0.25) is 0 Å². The number of sulfonamides is 1. The van der Waals surface area contributed by atoms with E-state index < -0.39 is 16.0 Å². The average Bonchev–Trinajstić information content (AvgIpc) is 2.65. The van der Waals surface area contributed by atoms with E-state index in [0.717, 1.165) is 0 Å². The number of benzene rings is 3. The molecule has 3 rings (SSSR count). The molecule has 3 aromatic carbocycles. The van der Waals surface area contributed by atoms with Crippen molar-refractivity contribution in [3.05, 3.63) is 87.3 Å². The van der Waals surface area contributed by atoms with Gasteiger partial charge in [-0.2, -0.15) is 0 Å². The fourth-order valence-electron chi connectivity index (χ4n) is 2.26. The minimum atomic E-state index is -3.73. The summed E-state index contributed by atoms with van der Waals surface area (Å²) in [5.74, 6) is -0.263. The number of carbonyl (C=O) groups excluding carboxylic acids is 1. The van der Waals surface area contributed by atoms with Crippen molar-refractivity contribution in [2.24, 2.45) is 0 Å². The number of esters is 1. The lowest BCUT2D eigenvalue weighted by Crippen LogP contribution is -2.13. The largest absolute Gasteiger partial charge is 0.421 e. The van der Waals surface area contributed by atoms with Gasteiger partial charge in [-0.25, -0.2) is 13.2 Å². The molecule has 0 heterocycles. The predicted octanol–water partition coefficient (Wildman–Crippen LogP) is 5.23. The molecule has 0 aromatic heterocycles. The van der Waals surface area contributed by atoms with Crippen molar-refractivity contribution in [3.63, 3.8) is 0 Å². The molecular weight excluding hydrogens is 498 g/mol. The topological polar surface area (TPSA) is 72.5 Å². The maximum absolute atomic E-state index is 12.4. The summed E-state index contributed by atoms with van der Waals surface area (Å²) in [5, 5.41) is 0. The molecule has 5 nitrogen and oxygen atoms in total. The van der Waals surface area contributed by atoms with Crippen LogP contribution in [-0.4, -0.2) is 14.4 Å². The Morgan fingerprint density at radius 1 is 0.852 bits per heavy atom. The molecule has 0 amide bonds. The summed E-state index contributed by atoms with van der Waals surface area (Å²) >= 11 is 6.64. The van der Waals surface area contributed by atoms with Crippen LogP contribution in [0.2, 0.25) is 0 Å². The van der Waals surface area contributed by atoms with Gasteiger partial charge in [0.15, 0.2) is 5.75 Å². The Balaban J connectivity index is 1.84. The van der Waals surface area contributed by atoms with E-state index in [1.165, 1.54) is 24.3 Å². The number of halogens is 2. The van der Waals surface area contributed by atoms with Crippen molar-refractivity contribution in [1.82, 2.24) is 0 Å². The zero-order valence-electron chi connectivity index (χ0n) is 13.7. The average molecular weight is 511 g/mol. The lowest BCUT2D eigenvalue weighted by Gasteiger charge is -2.13. The lowest BCUT2D eigenvalue weighted by molar-refractivity contribution is 0.0732. The number of carbonyl (C=O) groups is 1. The molecule has 0 fully saturated rings. The SMILES string of the molecule is O=C(Oc1c(Br)cc(NS(=O)(=O)c2ccccc2)cc1Br)c1ccccc1. The predicted molar refractivity (Wildman–Crippen MR) is 110 cm³/mol. The molecule has 0 unspecified atom stereocenters. The van der Waals surface area contributed by atoms with E-state index in [2.05, 4.69) is 36.6 Å². The molecule has 27 heavy (non-hydrogen) atoms. The summed E-state index contributed by atoms with van der Waals surface area (Å²) < 4.78 is 33.7.